The van der Waals surface area contributed by atoms with Gasteiger partial charge in [-0.05, 0) is 49.6 Å². The fraction of sp³-hybridized carbons (Fsp3) is 0.391. The van der Waals surface area contributed by atoms with Crippen LogP contribution < -0.4 is 10.1 Å². The first-order chi connectivity index (χ1) is 13.4. The second kappa shape index (κ2) is 8.46. The number of hydrogen-bond acceptors (Lipinski definition) is 3. The maximum absolute atomic E-state index is 12.8. The van der Waals surface area contributed by atoms with Gasteiger partial charge in [0.1, 0.15) is 11.6 Å². The summed E-state index contributed by atoms with van der Waals surface area (Å²) in [6.07, 6.45) is 0.328. The van der Waals surface area contributed by atoms with Crippen molar-refractivity contribution in [1.82, 2.24) is 14.9 Å². The molecule has 5 nitrogen and oxygen atoms in total. The summed E-state index contributed by atoms with van der Waals surface area (Å²) in [5.41, 5.74) is 3.02. The molecule has 0 saturated heterocycles. The van der Waals surface area contributed by atoms with E-state index >= 15 is 0 Å². The molecule has 5 heteroatoms. The molecule has 2 aromatic carbocycles. The first-order valence-electron chi connectivity index (χ1n) is 9.80. The van der Waals surface area contributed by atoms with E-state index in [1.807, 2.05) is 42.5 Å². The second-order valence-corrected chi connectivity index (χ2v) is 7.74. The molecule has 3 aromatic rings. The number of aromatic nitrogens is 2. The number of imidazole rings is 1. The minimum absolute atomic E-state index is 0.00812. The lowest BCUT2D eigenvalue weighted by Crippen LogP contribution is -2.35. The van der Waals surface area contributed by atoms with Crippen molar-refractivity contribution in [3.63, 3.8) is 0 Å². The molecule has 0 radical (unpaired) electrons. The highest BCUT2D eigenvalue weighted by Gasteiger charge is 2.26. The number of fused-ring (bicyclic) bond motifs is 1. The number of carbonyl (C=O) groups excluding carboxylic acids is 1. The van der Waals surface area contributed by atoms with Crippen LogP contribution in [-0.2, 0) is 11.2 Å². The molecule has 0 aliphatic carbocycles. The molecule has 1 unspecified atom stereocenters. The van der Waals surface area contributed by atoms with E-state index in [0.29, 0.717) is 6.42 Å². The third-order valence-corrected chi connectivity index (χ3v) is 4.92. The van der Waals surface area contributed by atoms with Gasteiger partial charge in [0.25, 0.3) is 0 Å². The van der Waals surface area contributed by atoms with E-state index in [0.717, 1.165) is 28.2 Å². The van der Waals surface area contributed by atoms with Crippen molar-refractivity contribution in [3.05, 3.63) is 59.9 Å². The van der Waals surface area contributed by atoms with Crippen molar-refractivity contribution < 1.29 is 9.53 Å². The number of ether oxygens (including phenoxy) is 1. The number of nitrogens with one attached hydrogen (secondary N) is 1. The van der Waals surface area contributed by atoms with Gasteiger partial charge in [0.2, 0.25) is 5.91 Å². The Morgan fingerprint density at radius 3 is 2.36 bits per heavy atom. The second-order valence-electron chi connectivity index (χ2n) is 7.74. The van der Waals surface area contributed by atoms with Crippen LogP contribution in [0.4, 0.5) is 0 Å². The zero-order valence-electron chi connectivity index (χ0n) is 17.3. The molecule has 1 aromatic heterocycles. The first kappa shape index (κ1) is 19.9. The van der Waals surface area contributed by atoms with Crippen LogP contribution in [-0.4, -0.2) is 22.6 Å². The van der Waals surface area contributed by atoms with Gasteiger partial charge in [-0.25, -0.2) is 4.98 Å². The standard InChI is InChI=1S/C23H29N3O2/c1-15(2)22(25-21(27)14-17-10-12-18(28-5)13-11-17)23-24-19-8-6-7-9-20(19)26(23)16(3)4/h6-13,15-16,22H,14H2,1-5H3,(H,25,27). The quantitative estimate of drug-likeness (QED) is 0.648. The van der Waals surface area contributed by atoms with E-state index in [1.165, 1.54) is 0 Å². The van der Waals surface area contributed by atoms with Crippen LogP contribution >= 0.6 is 0 Å². The van der Waals surface area contributed by atoms with Crippen LogP contribution in [0.2, 0.25) is 0 Å². The average Bonchev–Trinajstić information content (AvgIpc) is 3.05. The Morgan fingerprint density at radius 2 is 1.75 bits per heavy atom. The van der Waals surface area contributed by atoms with Gasteiger partial charge in [-0.1, -0.05) is 38.1 Å². The Labute approximate surface area is 166 Å². The molecule has 148 valence electrons. The molecule has 0 saturated carbocycles. The summed E-state index contributed by atoms with van der Waals surface area (Å²) >= 11 is 0. The van der Waals surface area contributed by atoms with E-state index in [-0.39, 0.29) is 23.9 Å². The minimum Gasteiger partial charge on any atom is -0.497 e. The van der Waals surface area contributed by atoms with Gasteiger partial charge in [0, 0.05) is 6.04 Å². The normalized spacial score (nSPS) is 12.5. The highest BCUT2D eigenvalue weighted by molar-refractivity contribution is 5.80. The van der Waals surface area contributed by atoms with Gasteiger partial charge in [-0.15, -0.1) is 0 Å². The van der Waals surface area contributed by atoms with Crippen LogP contribution in [0.25, 0.3) is 11.0 Å². The van der Waals surface area contributed by atoms with Crippen LogP contribution in [0, 0.1) is 5.92 Å². The first-order valence-corrected chi connectivity index (χ1v) is 9.80. The lowest BCUT2D eigenvalue weighted by molar-refractivity contribution is -0.121. The van der Waals surface area contributed by atoms with Crippen molar-refractivity contribution in [2.24, 2.45) is 5.92 Å². The molecule has 0 aliphatic rings. The Hall–Kier alpha value is -2.82. The summed E-state index contributed by atoms with van der Waals surface area (Å²) in [6.45, 7) is 8.52. The van der Waals surface area contributed by atoms with Gasteiger partial charge in [0.05, 0.1) is 30.6 Å². The van der Waals surface area contributed by atoms with E-state index in [4.69, 9.17) is 9.72 Å². The van der Waals surface area contributed by atoms with Gasteiger partial charge in [0.15, 0.2) is 0 Å². The SMILES string of the molecule is COc1ccc(CC(=O)NC(c2nc3ccccc3n2C(C)C)C(C)C)cc1. The van der Waals surface area contributed by atoms with Crippen molar-refractivity contribution in [1.29, 1.82) is 0 Å². The third-order valence-electron chi connectivity index (χ3n) is 4.92. The van der Waals surface area contributed by atoms with Gasteiger partial charge < -0.3 is 14.6 Å². The molecule has 0 aliphatic heterocycles. The van der Waals surface area contributed by atoms with Crippen LogP contribution in [0.1, 0.15) is 51.2 Å². The number of amides is 1. The zero-order valence-corrected chi connectivity index (χ0v) is 17.3. The Bertz CT molecular complexity index is 942. The topological polar surface area (TPSA) is 56.1 Å². The average molecular weight is 380 g/mol. The predicted molar refractivity (Wildman–Crippen MR) is 113 cm³/mol. The zero-order chi connectivity index (χ0) is 20.3. The number of benzene rings is 2. The van der Waals surface area contributed by atoms with E-state index in [2.05, 4.69) is 43.6 Å². The van der Waals surface area contributed by atoms with E-state index in [9.17, 15) is 4.79 Å². The number of para-hydroxylation sites is 2. The molecule has 3 rings (SSSR count). The largest absolute Gasteiger partial charge is 0.497 e. The fourth-order valence-corrected chi connectivity index (χ4v) is 3.51. The lowest BCUT2D eigenvalue weighted by atomic mass is 10.0. The summed E-state index contributed by atoms with van der Waals surface area (Å²) in [6, 6.07) is 15.8. The van der Waals surface area contributed by atoms with Gasteiger partial charge in [-0.3, -0.25) is 4.79 Å². The fourth-order valence-electron chi connectivity index (χ4n) is 3.51. The Balaban J connectivity index is 1.86. The Morgan fingerprint density at radius 1 is 1.07 bits per heavy atom. The minimum atomic E-state index is -0.152. The maximum Gasteiger partial charge on any atom is 0.225 e. The number of rotatable bonds is 7. The number of nitrogens with zero attached hydrogens (tertiary/aromatic N) is 2. The van der Waals surface area contributed by atoms with E-state index in [1.54, 1.807) is 7.11 Å². The molecule has 1 heterocycles. The molecular weight excluding hydrogens is 350 g/mol. The molecule has 28 heavy (non-hydrogen) atoms. The van der Waals surface area contributed by atoms with Gasteiger partial charge >= 0.3 is 0 Å². The van der Waals surface area contributed by atoms with Gasteiger partial charge in [-0.2, -0.15) is 0 Å². The van der Waals surface area contributed by atoms with E-state index < -0.39 is 0 Å². The van der Waals surface area contributed by atoms with Crippen molar-refractivity contribution >= 4 is 16.9 Å². The van der Waals surface area contributed by atoms with Crippen molar-refractivity contribution in [2.75, 3.05) is 7.11 Å². The summed E-state index contributed by atoms with van der Waals surface area (Å²) in [5, 5.41) is 3.21. The summed E-state index contributed by atoms with van der Waals surface area (Å²) in [5.74, 6) is 1.91. The molecule has 0 fully saturated rings. The Kier molecular flexibility index (Phi) is 6.02. The highest BCUT2D eigenvalue weighted by atomic mass is 16.5. The number of carbonyl (C=O) groups is 1. The van der Waals surface area contributed by atoms with Crippen molar-refractivity contribution in [3.8, 4) is 5.75 Å². The molecule has 0 spiro atoms. The molecule has 0 bridgehead atoms. The smallest absolute Gasteiger partial charge is 0.225 e. The predicted octanol–water partition coefficient (Wildman–Crippen LogP) is 4.68. The number of hydrogen-bond donors (Lipinski definition) is 1. The molecule has 1 atom stereocenters. The lowest BCUT2D eigenvalue weighted by Gasteiger charge is -2.25. The molecular formula is C23H29N3O2. The molecule has 1 amide bonds. The van der Waals surface area contributed by atoms with Crippen LogP contribution in [0.3, 0.4) is 0 Å². The van der Waals surface area contributed by atoms with Crippen LogP contribution in [0.15, 0.2) is 48.5 Å². The number of methoxy groups -OCH3 is 1. The monoisotopic (exact) mass is 379 g/mol. The summed E-state index contributed by atoms with van der Waals surface area (Å²) in [4.78, 5) is 17.6. The highest BCUT2D eigenvalue weighted by Crippen LogP contribution is 2.29. The summed E-state index contributed by atoms with van der Waals surface area (Å²) in [7, 11) is 1.63. The van der Waals surface area contributed by atoms with Crippen molar-refractivity contribution in [2.45, 2.75) is 46.2 Å². The molecule has 1 N–H and O–H groups in total. The summed E-state index contributed by atoms with van der Waals surface area (Å²) < 4.78 is 7.41. The third kappa shape index (κ3) is 4.19. The maximum atomic E-state index is 12.8. The van der Waals surface area contributed by atoms with Crippen LogP contribution in [0.5, 0.6) is 5.75 Å².